The molecule has 4 heteroatoms. The van der Waals surface area contributed by atoms with Gasteiger partial charge >= 0.3 is 0 Å². The highest BCUT2D eigenvalue weighted by atomic mass is 79.9. The molecule has 0 aliphatic heterocycles. The lowest BCUT2D eigenvalue weighted by Crippen LogP contribution is -2.15. The predicted molar refractivity (Wildman–Crippen MR) is 61.7 cm³/mol. The van der Waals surface area contributed by atoms with Crippen molar-refractivity contribution in [3.8, 4) is 0 Å². The second-order valence-electron chi connectivity index (χ2n) is 1.79. The van der Waals surface area contributed by atoms with Gasteiger partial charge in [-0.15, -0.1) is 0 Å². The van der Waals surface area contributed by atoms with E-state index in [9.17, 15) is 0 Å². The molecule has 0 amide bonds. The van der Waals surface area contributed by atoms with Crippen LogP contribution < -0.4 is 0 Å². The van der Waals surface area contributed by atoms with Gasteiger partial charge in [0, 0.05) is 0 Å². The summed E-state index contributed by atoms with van der Waals surface area (Å²) in [6, 6.07) is 0. The van der Waals surface area contributed by atoms with E-state index in [1.54, 1.807) is 0 Å². The Balaban J connectivity index is 3.98. The predicted octanol–water partition coefficient (Wildman–Crippen LogP) is 4.55. The molecule has 0 fully saturated rings. The van der Waals surface area contributed by atoms with Crippen molar-refractivity contribution in [2.24, 2.45) is 0 Å². The van der Waals surface area contributed by atoms with Gasteiger partial charge in [0.2, 0.25) is 0 Å². The molecule has 0 bridgehead atoms. The van der Waals surface area contributed by atoms with Crippen LogP contribution in [-0.4, -0.2) is 6.97 Å². The first kappa shape index (κ1) is 11.7. The molecule has 0 nitrogen and oxygen atoms in total. The quantitative estimate of drug-likeness (QED) is 0.482. The van der Waals surface area contributed by atoms with Gasteiger partial charge in [-0.05, 0) is 6.42 Å². The fourth-order valence-corrected chi connectivity index (χ4v) is 1.03. The molecule has 0 unspecified atom stereocenters. The summed E-state index contributed by atoms with van der Waals surface area (Å²) in [5.41, 5.74) is 0. The molecule has 0 atom stereocenters. The molecule has 10 heavy (non-hydrogen) atoms. The van der Waals surface area contributed by atoms with Gasteiger partial charge in [-0.3, -0.25) is 0 Å². The molecule has 0 saturated heterocycles. The van der Waals surface area contributed by atoms with E-state index >= 15 is 0 Å². The van der Waals surface area contributed by atoms with Crippen LogP contribution in [0.15, 0.2) is 12.2 Å². The molecule has 0 heterocycles. The van der Waals surface area contributed by atoms with Gasteiger partial charge < -0.3 is 0 Å². The number of rotatable bonds is 3. The van der Waals surface area contributed by atoms with Crippen LogP contribution in [-0.2, 0) is 0 Å². The standard InChI is InChI=1S/C6H8Br4/c1-2-3-4-6(9,10)5(7)8/h3-5H,2H2,1H3. The smallest absolute Gasteiger partial charge is 0.0865 e. The van der Waals surface area contributed by atoms with Crippen LogP contribution in [0.4, 0.5) is 0 Å². The van der Waals surface area contributed by atoms with E-state index in [0.29, 0.717) is 0 Å². The Kier molecular flexibility index (Phi) is 6.22. The van der Waals surface area contributed by atoms with E-state index in [-0.39, 0.29) is 6.97 Å². The minimum Gasteiger partial charge on any atom is -0.0865 e. The molecule has 0 aromatic heterocycles. The summed E-state index contributed by atoms with van der Waals surface area (Å²) in [5, 5.41) is 0. The maximum Gasteiger partial charge on any atom is 0.121 e. The molecule has 0 spiro atoms. The van der Waals surface area contributed by atoms with Crippen molar-refractivity contribution in [1.82, 2.24) is 0 Å². The van der Waals surface area contributed by atoms with Crippen LogP contribution in [0, 0.1) is 0 Å². The van der Waals surface area contributed by atoms with Crippen molar-refractivity contribution in [2.75, 3.05) is 0 Å². The summed E-state index contributed by atoms with van der Waals surface area (Å²) in [7, 11) is 0. The molecule has 0 radical (unpaired) electrons. The number of alkyl halides is 4. The van der Waals surface area contributed by atoms with E-state index in [4.69, 9.17) is 0 Å². The van der Waals surface area contributed by atoms with Gasteiger partial charge in [0.1, 0.15) is 3.23 Å². The molecule has 0 aliphatic carbocycles. The van der Waals surface area contributed by atoms with Gasteiger partial charge in [0.15, 0.2) is 0 Å². The monoisotopic (exact) mass is 396 g/mol. The minimum absolute atomic E-state index is 0.171. The van der Waals surface area contributed by atoms with Crippen molar-refractivity contribution in [2.45, 2.75) is 20.3 Å². The molecule has 0 N–H and O–H groups in total. The third-order valence-electron chi connectivity index (χ3n) is 0.867. The summed E-state index contributed by atoms with van der Waals surface area (Å²) >= 11 is 13.8. The normalized spacial score (nSPS) is 13.4. The molecule has 0 aromatic rings. The lowest BCUT2D eigenvalue weighted by atomic mass is 10.3. The molecule has 60 valence electrons. The van der Waals surface area contributed by atoms with E-state index in [0.717, 1.165) is 6.42 Å². The number of allylic oxidation sites excluding steroid dienone is 2. The lowest BCUT2D eigenvalue weighted by molar-refractivity contribution is 1.14. The van der Waals surface area contributed by atoms with Crippen LogP contribution >= 0.6 is 63.7 Å². The van der Waals surface area contributed by atoms with Crippen molar-refractivity contribution in [3.63, 3.8) is 0 Å². The first-order chi connectivity index (χ1) is 4.50. The fraction of sp³-hybridized carbons (Fsp3) is 0.667. The SMILES string of the molecule is CCC=CC(Br)(Br)C(Br)Br. The van der Waals surface area contributed by atoms with Gasteiger partial charge in [-0.2, -0.15) is 0 Å². The van der Waals surface area contributed by atoms with Crippen LogP contribution in [0.2, 0.25) is 0 Å². The Labute approximate surface area is 95.3 Å². The first-order valence-corrected chi connectivity index (χ1v) is 6.26. The van der Waals surface area contributed by atoms with Gasteiger partial charge in [0.25, 0.3) is 0 Å². The molecule has 0 aliphatic rings. The lowest BCUT2D eigenvalue weighted by Gasteiger charge is -2.16. The Hall–Kier alpha value is 1.66. The van der Waals surface area contributed by atoms with Crippen molar-refractivity contribution < 1.29 is 0 Å². The van der Waals surface area contributed by atoms with Crippen LogP contribution in [0.5, 0.6) is 0 Å². The van der Waals surface area contributed by atoms with Crippen LogP contribution in [0.25, 0.3) is 0 Å². The van der Waals surface area contributed by atoms with E-state index < -0.39 is 0 Å². The number of hydrogen-bond acceptors (Lipinski definition) is 0. The Morgan fingerprint density at radius 3 is 2.20 bits per heavy atom. The highest BCUT2D eigenvalue weighted by Crippen LogP contribution is 2.39. The maximum absolute atomic E-state index is 3.48. The summed E-state index contributed by atoms with van der Waals surface area (Å²) in [5.74, 6) is 0. The molecular weight excluding hydrogens is 392 g/mol. The minimum atomic E-state index is -0.171. The Bertz CT molecular complexity index is 117. The zero-order chi connectivity index (χ0) is 8.20. The average molecular weight is 400 g/mol. The third kappa shape index (κ3) is 4.52. The second kappa shape index (κ2) is 5.33. The van der Waals surface area contributed by atoms with Crippen LogP contribution in [0.3, 0.4) is 0 Å². The van der Waals surface area contributed by atoms with Crippen molar-refractivity contribution in [1.29, 1.82) is 0 Å². The van der Waals surface area contributed by atoms with Crippen molar-refractivity contribution in [3.05, 3.63) is 12.2 Å². The maximum atomic E-state index is 3.48. The zero-order valence-corrected chi connectivity index (χ0v) is 11.8. The third-order valence-corrected chi connectivity index (χ3v) is 6.21. The average Bonchev–Trinajstić information content (AvgIpc) is 1.84. The number of hydrogen-bond donors (Lipinski definition) is 0. The molecule has 0 saturated carbocycles. The van der Waals surface area contributed by atoms with Gasteiger partial charge in [0.05, 0.1) is 3.74 Å². The molecule has 0 rings (SSSR count). The highest BCUT2D eigenvalue weighted by Gasteiger charge is 2.25. The highest BCUT2D eigenvalue weighted by molar-refractivity contribution is 9.30. The van der Waals surface area contributed by atoms with E-state index in [1.807, 2.05) is 0 Å². The largest absolute Gasteiger partial charge is 0.121 e. The van der Waals surface area contributed by atoms with Crippen LogP contribution in [0.1, 0.15) is 13.3 Å². The van der Waals surface area contributed by atoms with E-state index in [2.05, 4.69) is 82.8 Å². The molecular formula is C6H8Br4. The zero-order valence-electron chi connectivity index (χ0n) is 5.45. The summed E-state index contributed by atoms with van der Waals surface area (Å²) in [6.07, 6.45) is 5.20. The van der Waals surface area contributed by atoms with E-state index in [1.165, 1.54) is 0 Å². The first-order valence-electron chi connectivity index (χ1n) is 2.84. The topological polar surface area (TPSA) is 0 Å². The summed E-state index contributed by atoms with van der Waals surface area (Å²) in [4.78, 5) is 0. The Morgan fingerprint density at radius 1 is 1.40 bits per heavy atom. The summed E-state index contributed by atoms with van der Waals surface area (Å²) in [6.45, 7) is 2.10. The number of halogens is 4. The summed E-state index contributed by atoms with van der Waals surface area (Å²) < 4.78 is 0.0195. The Morgan fingerprint density at radius 2 is 1.90 bits per heavy atom. The van der Waals surface area contributed by atoms with Gasteiger partial charge in [-0.1, -0.05) is 82.8 Å². The fourth-order valence-electron chi connectivity index (χ4n) is 0.348. The molecule has 0 aromatic carbocycles. The van der Waals surface area contributed by atoms with Crippen molar-refractivity contribution >= 4 is 63.7 Å². The van der Waals surface area contributed by atoms with Gasteiger partial charge in [-0.25, -0.2) is 0 Å². The second-order valence-corrected chi connectivity index (χ2v) is 8.53.